The molecule has 3 heteroatoms. The molecule has 0 aromatic rings. The Balaban J connectivity index is 1.48. The molecule has 136 valence electrons. The maximum Gasteiger partial charge on any atom is 0.00914 e. The molecule has 0 unspecified atom stereocenters. The van der Waals surface area contributed by atoms with Gasteiger partial charge in [0.15, 0.2) is 0 Å². The summed E-state index contributed by atoms with van der Waals surface area (Å²) in [6, 6.07) is 0.776. The highest BCUT2D eigenvalue weighted by Crippen LogP contribution is 2.26. The SMILES string of the molecule is CCN(CC)CCCNC1CCN(CCC2CCCCC2)CC1. The van der Waals surface area contributed by atoms with Gasteiger partial charge in [-0.2, -0.15) is 0 Å². The molecule has 1 saturated heterocycles. The van der Waals surface area contributed by atoms with E-state index in [2.05, 4.69) is 29.0 Å². The fourth-order valence-electron chi connectivity index (χ4n) is 4.35. The van der Waals surface area contributed by atoms with Crippen LogP contribution in [0, 0.1) is 5.92 Å². The van der Waals surface area contributed by atoms with E-state index in [1.807, 2.05) is 0 Å². The smallest absolute Gasteiger partial charge is 0.00914 e. The molecule has 0 radical (unpaired) electrons. The van der Waals surface area contributed by atoms with Crippen LogP contribution in [0.5, 0.6) is 0 Å². The van der Waals surface area contributed by atoms with Gasteiger partial charge in [0, 0.05) is 6.04 Å². The summed E-state index contributed by atoms with van der Waals surface area (Å²) >= 11 is 0. The van der Waals surface area contributed by atoms with E-state index >= 15 is 0 Å². The van der Waals surface area contributed by atoms with Gasteiger partial charge in [-0.1, -0.05) is 46.0 Å². The summed E-state index contributed by atoms with van der Waals surface area (Å²) in [5.74, 6) is 1.04. The number of nitrogens with one attached hydrogen (secondary N) is 1. The van der Waals surface area contributed by atoms with Gasteiger partial charge < -0.3 is 15.1 Å². The second-order valence-corrected chi connectivity index (χ2v) is 7.74. The molecule has 2 rings (SSSR count). The first-order chi connectivity index (χ1) is 11.3. The van der Waals surface area contributed by atoms with Crippen molar-refractivity contribution in [1.29, 1.82) is 0 Å². The van der Waals surface area contributed by atoms with Crippen molar-refractivity contribution < 1.29 is 0 Å². The predicted molar refractivity (Wildman–Crippen MR) is 101 cm³/mol. The third-order valence-corrected chi connectivity index (χ3v) is 6.14. The normalized spacial score (nSPS) is 22.0. The Morgan fingerprint density at radius 3 is 2.30 bits per heavy atom. The first kappa shape index (κ1) is 19.2. The van der Waals surface area contributed by atoms with Crippen molar-refractivity contribution in [3.63, 3.8) is 0 Å². The van der Waals surface area contributed by atoms with Gasteiger partial charge in [-0.05, 0) is 77.4 Å². The monoisotopic (exact) mass is 323 g/mol. The van der Waals surface area contributed by atoms with Gasteiger partial charge in [0.2, 0.25) is 0 Å². The van der Waals surface area contributed by atoms with Crippen LogP contribution in [-0.2, 0) is 0 Å². The van der Waals surface area contributed by atoms with E-state index in [1.165, 1.54) is 104 Å². The number of rotatable bonds is 10. The standard InChI is InChI=1S/C20H41N3/c1-3-22(4-2)15-8-14-21-20-12-17-23(18-13-20)16-11-19-9-6-5-7-10-19/h19-21H,3-18H2,1-2H3. The highest BCUT2D eigenvalue weighted by atomic mass is 15.1. The summed E-state index contributed by atoms with van der Waals surface area (Å²) in [6.45, 7) is 13.4. The van der Waals surface area contributed by atoms with Crippen molar-refractivity contribution in [1.82, 2.24) is 15.1 Å². The van der Waals surface area contributed by atoms with Crippen LogP contribution < -0.4 is 5.32 Å². The minimum Gasteiger partial charge on any atom is -0.314 e. The highest BCUT2D eigenvalue weighted by molar-refractivity contribution is 4.78. The van der Waals surface area contributed by atoms with Gasteiger partial charge >= 0.3 is 0 Å². The van der Waals surface area contributed by atoms with Crippen LogP contribution in [0.3, 0.4) is 0 Å². The lowest BCUT2D eigenvalue weighted by atomic mass is 9.87. The number of hydrogen-bond donors (Lipinski definition) is 1. The van der Waals surface area contributed by atoms with Crippen molar-refractivity contribution in [2.24, 2.45) is 5.92 Å². The molecule has 1 saturated carbocycles. The third-order valence-electron chi connectivity index (χ3n) is 6.14. The molecule has 1 aliphatic carbocycles. The van der Waals surface area contributed by atoms with Crippen LogP contribution >= 0.6 is 0 Å². The van der Waals surface area contributed by atoms with E-state index in [4.69, 9.17) is 0 Å². The molecule has 1 aliphatic heterocycles. The minimum atomic E-state index is 0.776. The van der Waals surface area contributed by atoms with Gasteiger partial charge in [0.1, 0.15) is 0 Å². The Morgan fingerprint density at radius 2 is 1.65 bits per heavy atom. The van der Waals surface area contributed by atoms with Crippen LogP contribution in [0.15, 0.2) is 0 Å². The van der Waals surface area contributed by atoms with Crippen molar-refractivity contribution >= 4 is 0 Å². The molecule has 0 aromatic carbocycles. The quantitative estimate of drug-likeness (QED) is 0.618. The zero-order valence-electron chi connectivity index (χ0n) is 15.9. The Labute approximate surface area is 145 Å². The van der Waals surface area contributed by atoms with Gasteiger partial charge in [0.25, 0.3) is 0 Å². The molecule has 23 heavy (non-hydrogen) atoms. The number of piperidine rings is 1. The maximum atomic E-state index is 3.80. The summed E-state index contributed by atoms with van der Waals surface area (Å²) in [6.07, 6.45) is 12.9. The van der Waals surface area contributed by atoms with E-state index in [-0.39, 0.29) is 0 Å². The summed E-state index contributed by atoms with van der Waals surface area (Å²) in [4.78, 5) is 5.25. The second-order valence-electron chi connectivity index (χ2n) is 7.74. The molecular formula is C20H41N3. The molecule has 1 N–H and O–H groups in total. The van der Waals surface area contributed by atoms with E-state index < -0.39 is 0 Å². The Hall–Kier alpha value is -0.120. The van der Waals surface area contributed by atoms with Gasteiger partial charge in [-0.25, -0.2) is 0 Å². The largest absolute Gasteiger partial charge is 0.314 e. The van der Waals surface area contributed by atoms with Crippen LogP contribution in [0.1, 0.15) is 71.6 Å². The lowest BCUT2D eigenvalue weighted by molar-refractivity contribution is 0.177. The van der Waals surface area contributed by atoms with Crippen LogP contribution in [0.25, 0.3) is 0 Å². The fourth-order valence-corrected chi connectivity index (χ4v) is 4.35. The first-order valence-electron chi connectivity index (χ1n) is 10.5. The van der Waals surface area contributed by atoms with E-state index in [0.717, 1.165) is 12.0 Å². The molecular weight excluding hydrogens is 282 g/mol. The van der Waals surface area contributed by atoms with Gasteiger partial charge in [-0.15, -0.1) is 0 Å². The zero-order valence-corrected chi connectivity index (χ0v) is 15.9. The molecule has 2 aliphatic rings. The fraction of sp³-hybridized carbons (Fsp3) is 1.00. The predicted octanol–water partition coefficient (Wildman–Crippen LogP) is 3.74. The van der Waals surface area contributed by atoms with E-state index in [1.54, 1.807) is 0 Å². The first-order valence-corrected chi connectivity index (χ1v) is 10.5. The Bertz CT molecular complexity index is 277. The average molecular weight is 324 g/mol. The second kappa shape index (κ2) is 11.4. The molecule has 0 spiro atoms. The van der Waals surface area contributed by atoms with Gasteiger partial charge in [0.05, 0.1) is 0 Å². The number of likely N-dealkylation sites (tertiary alicyclic amines) is 1. The average Bonchev–Trinajstić information content (AvgIpc) is 2.62. The summed E-state index contributed by atoms with van der Waals surface area (Å²) in [7, 11) is 0. The Morgan fingerprint density at radius 1 is 0.957 bits per heavy atom. The summed E-state index contributed by atoms with van der Waals surface area (Å²) in [5.41, 5.74) is 0. The van der Waals surface area contributed by atoms with E-state index in [0.29, 0.717) is 0 Å². The lowest BCUT2D eigenvalue weighted by Gasteiger charge is -2.34. The molecule has 0 atom stereocenters. The maximum absolute atomic E-state index is 3.80. The number of hydrogen-bond acceptors (Lipinski definition) is 3. The highest BCUT2D eigenvalue weighted by Gasteiger charge is 2.20. The van der Waals surface area contributed by atoms with Crippen molar-refractivity contribution in [2.45, 2.75) is 77.7 Å². The third kappa shape index (κ3) is 7.53. The van der Waals surface area contributed by atoms with Crippen LogP contribution in [0.2, 0.25) is 0 Å². The minimum absolute atomic E-state index is 0.776. The van der Waals surface area contributed by atoms with Crippen LogP contribution in [-0.4, -0.2) is 61.7 Å². The zero-order chi connectivity index (χ0) is 16.3. The molecule has 2 fully saturated rings. The summed E-state index contributed by atoms with van der Waals surface area (Å²) < 4.78 is 0. The van der Waals surface area contributed by atoms with Crippen molar-refractivity contribution in [2.75, 3.05) is 45.8 Å². The van der Waals surface area contributed by atoms with Crippen LogP contribution in [0.4, 0.5) is 0 Å². The summed E-state index contributed by atoms with van der Waals surface area (Å²) in [5, 5.41) is 3.80. The molecule has 3 nitrogen and oxygen atoms in total. The molecule has 0 bridgehead atoms. The van der Waals surface area contributed by atoms with Crippen molar-refractivity contribution in [3.05, 3.63) is 0 Å². The lowest BCUT2D eigenvalue weighted by Crippen LogP contribution is -2.43. The molecule has 0 aromatic heterocycles. The number of nitrogens with zero attached hydrogens (tertiary/aromatic N) is 2. The Kier molecular flexibility index (Phi) is 9.55. The topological polar surface area (TPSA) is 18.5 Å². The van der Waals surface area contributed by atoms with E-state index in [9.17, 15) is 0 Å². The molecule has 1 heterocycles. The van der Waals surface area contributed by atoms with Crippen molar-refractivity contribution in [3.8, 4) is 0 Å². The molecule has 0 amide bonds. The van der Waals surface area contributed by atoms with Gasteiger partial charge in [-0.3, -0.25) is 0 Å².